The molecule has 0 fully saturated rings. The lowest BCUT2D eigenvalue weighted by atomic mass is 9.84. The van der Waals surface area contributed by atoms with Crippen LogP contribution in [0.2, 0.25) is 0 Å². The van der Waals surface area contributed by atoms with Gasteiger partial charge in [0.15, 0.2) is 0 Å². The van der Waals surface area contributed by atoms with Crippen molar-refractivity contribution in [3.8, 4) is 0 Å². The summed E-state index contributed by atoms with van der Waals surface area (Å²) < 4.78 is 1.83. The summed E-state index contributed by atoms with van der Waals surface area (Å²) in [4.78, 5) is 11.5. The van der Waals surface area contributed by atoms with Gasteiger partial charge in [0.05, 0.1) is 18.5 Å². The number of aromatic nitrogens is 3. The number of aliphatic hydroxyl groups is 1. The van der Waals surface area contributed by atoms with Crippen LogP contribution in [0.4, 0.5) is 0 Å². The summed E-state index contributed by atoms with van der Waals surface area (Å²) in [5, 5.41) is 27.5. The van der Waals surface area contributed by atoms with Crippen LogP contribution in [0.15, 0.2) is 30.3 Å². The number of hydrogen-bond acceptors (Lipinski definition) is 4. The summed E-state index contributed by atoms with van der Waals surface area (Å²) >= 11 is 0. The van der Waals surface area contributed by atoms with Crippen molar-refractivity contribution in [2.75, 3.05) is 0 Å². The Hall–Kier alpha value is -2.73. The van der Waals surface area contributed by atoms with Crippen LogP contribution in [-0.4, -0.2) is 31.2 Å². The van der Waals surface area contributed by atoms with Crippen molar-refractivity contribution in [2.24, 2.45) is 0 Å². The number of aliphatic hydroxyl groups excluding tert-OH is 1. The Bertz CT molecular complexity index is 962. The van der Waals surface area contributed by atoms with Crippen molar-refractivity contribution in [1.29, 1.82) is 0 Å². The Balaban J connectivity index is 2.15. The van der Waals surface area contributed by atoms with Crippen molar-refractivity contribution in [2.45, 2.75) is 46.3 Å². The third-order valence-corrected chi connectivity index (χ3v) is 4.98. The molecule has 1 heterocycles. The third-order valence-electron chi connectivity index (χ3n) is 4.98. The highest BCUT2D eigenvalue weighted by molar-refractivity contribution is 5.80. The first-order chi connectivity index (χ1) is 12.5. The second-order valence-corrected chi connectivity index (χ2v) is 6.55. The van der Waals surface area contributed by atoms with Gasteiger partial charge in [-0.1, -0.05) is 29.5 Å². The number of hydrogen-bond donors (Lipinski definition) is 2. The van der Waals surface area contributed by atoms with Crippen LogP contribution >= 0.6 is 0 Å². The maximum Gasteiger partial charge on any atom is 0.304 e. The molecule has 26 heavy (non-hydrogen) atoms. The Labute approximate surface area is 152 Å². The van der Waals surface area contributed by atoms with Gasteiger partial charge in [0.1, 0.15) is 5.52 Å². The summed E-state index contributed by atoms with van der Waals surface area (Å²) in [7, 11) is 0. The highest BCUT2D eigenvalue weighted by Crippen LogP contribution is 2.34. The number of aliphatic carboxylic acids is 1. The molecule has 0 spiro atoms. The van der Waals surface area contributed by atoms with Crippen molar-refractivity contribution in [1.82, 2.24) is 15.0 Å². The number of carboxylic acid groups (broad SMARTS) is 1. The van der Waals surface area contributed by atoms with E-state index < -0.39 is 5.97 Å². The lowest BCUT2D eigenvalue weighted by Crippen LogP contribution is -2.10. The van der Waals surface area contributed by atoms with E-state index in [1.807, 2.05) is 55.8 Å². The maximum atomic E-state index is 11.5. The molecule has 2 N–H and O–H groups in total. The summed E-state index contributed by atoms with van der Waals surface area (Å²) in [5.41, 5.74) is 6.30. The average molecular weight is 353 g/mol. The second-order valence-electron chi connectivity index (χ2n) is 6.55. The largest absolute Gasteiger partial charge is 0.481 e. The van der Waals surface area contributed by atoms with Crippen molar-refractivity contribution < 1.29 is 15.0 Å². The molecule has 0 aliphatic carbocycles. The molecule has 1 aromatic heterocycles. The molecule has 3 aromatic rings. The van der Waals surface area contributed by atoms with E-state index in [1.54, 1.807) is 0 Å². The fourth-order valence-electron chi connectivity index (χ4n) is 3.45. The molecule has 0 aliphatic heterocycles. The van der Waals surface area contributed by atoms with Crippen molar-refractivity contribution in [3.05, 3.63) is 58.1 Å². The van der Waals surface area contributed by atoms with Crippen LogP contribution in [0.3, 0.4) is 0 Å². The van der Waals surface area contributed by atoms with Gasteiger partial charge in [-0.05, 0) is 54.7 Å². The van der Waals surface area contributed by atoms with Gasteiger partial charge in [-0.3, -0.25) is 4.79 Å². The van der Waals surface area contributed by atoms with Gasteiger partial charge >= 0.3 is 5.97 Å². The molecule has 136 valence electrons. The van der Waals surface area contributed by atoms with Crippen LogP contribution in [-0.2, 0) is 17.9 Å². The number of rotatable bonds is 6. The zero-order valence-electron chi connectivity index (χ0n) is 15.2. The fourth-order valence-corrected chi connectivity index (χ4v) is 3.45. The minimum absolute atomic E-state index is 0.0256. The molecular formula is C20H23N3O3. The van der Waals surface area contributed by atoms with Crippen molar-refractivity contribution >= 4 is 17.0 Å². The van der Waals surface area contributed by atoms with Gasteiger partial charge in [0.25, 0.3) is 0 Å². The highest BCUT2D eigenvalue weighted by Gasteiger charge is 2.22. The topological polar surface area (TPSA) is 88.2 Å². The van der Waals surface area contributed by atoms with E-state index in [4.69, 9.17) is 0 Å². The van der Waals surface area contributed by atoms with Gasteiger partial charge in [0.2, 0.25) is 0 Å². The lowest BCUT2D eigenvalue weighted by molar-refractivity contribution is -0.137. The first kappa shape index (κ1) is 18.1. The third kappa shape index (κ3) is 3.20. The first-order valence-electron chi connectivity index (χ1n) is 8.71. The molecule has 3 rings (SSSR count). The fraction of sp³-hybridized carbons (Fsp3) is 0.350. The molecule has 2 aromatic carbocycles. The average Bonchev–Trinajstić information content (AvgIpc) is 3.05. The van der Waals surface area contributed by atoms with Crippen LogP contribution in [0.25, 0.3) is 11.0 Å². The van der Waals surface area contributed by atoms with Crippen LogP contribution in [0.1, 0.15) is 47.1 Å². The molecule has 0 bridgehead atoms. The maximum absolute atomic E-state index is 11.5. The number of benzene rings is 2. The van der Waals surface area contributed by atoms with E-state index in [-0.39, 0.29) is 18.9 Å². The summed E-state index contributed by atoms with van der Waals surface area (Å²) in [6, 6.07) is 9.69. The number of fused-ring (bicyclic) bond motifs is 1. The Morgan fingerprint density at radius 3 is 2.65 bits per heavy atom. The van der Waals surface area contributed by atoms with Gasteiger partial charge in [-0.25, -0.2) is 4.68 Å². The summed E-state index contributed by atoms with van der Waals surface area (Å²) in [6.07, 6.45) is -0.0256. The lowest BCUT2D eigenvalue weighted by Gasteiger charge is -2.20. The summed E-state index contributed by atoms with van der Waals surface area (Å²) in [5.74, 6) is -1.17. The second kappa shape index (κ2) is 7.25. The molecule has 0 radical (unpaired) electrons. The molecule has 6 heteroatoms. The van der Waals surface area contributed by atoms with Crippen LogP contribution in [0.5, 0.6) is 0 Å². The number of nitrogens with zero attached hydrogens (tertiary/aromatic N) is 3. The van der Waals surface area contributed by atoms with Crippen molar-refractivity contribution in [3.63, 3.8) is 0 Å². The predicted molar refractivity (Wildman–Crippen MR) is 99.1 cm³/mol. The van der Waals surface area contributed by atoms with Crippen LogP contribution in [0, 0.1) is 13.8 Å². The summed E-state index contributed by atoms with van der Waals surface area (Å²) in [6.45, 7) is 6.56. The zero-order chi connectivity index (χ0) is 18.8. The van der Waals surface area contributed by atoms with Gasteiger partial charge in [-0.15, -0.1) is 5.10 Å². The number of carbonyl (C=O) groups is 1. The quantitative estimate of drug-likeness (QED) is 0.711. The molecule has 0 unspecified atom stereocenters. The normalized spacial score (nSPS) is 12.5. The standard InChI is InChI=1S/C20H23N3O3/c1-4-23-18-8-7-16(13(3)20(18)21-22-23)17(10-19(25)26)14-6-5-12(2)15(9-14)11-24/h5-9,17,24H,4,10-11H2,1-3H3,(H,25,26)/t17-/m0/s1. The monoisotopic (exact) mass is 353 g/mol. The van der Waals surface area contributed by atoms with Crippen LogP contribution < -0.4 is 0 Å². The Kier molecular flexibility index (Phi) is 5.04. The molecule has 6 nitrogen and oxygen atoms in total. The smallest absolute Gasteiger partial charge is 0.304 e. The van der Waals surface area contributed by atoms with E-state index in [0.717, 1.165) is 45.4 Å². The molecule has 1 atom stereocenters. The number of carboxylic acids is 1. The zero-order valence-corrected chi connectivity index (χ0v) is 15.2. The SMILES string of the molecule is CCn1nnc2c(C)c([C@@H](CC(=O)O)c3ccc(C)c(CO)c3)ccc21. The number of aryl methyl sites for hydroxylation is 3. The van der Waals surface area contributed by atoms with E-state index in [1.165, 1.54) is 0 Å². The van der Waals surface area contributed by atoms with Gasteiger partial charge < -0.3 is 10.2 Å². The molecule has 0 saturated carbocycles. The minimum Gasteiger partial charge on any atom is -0.481 e. The first-order valence-corrected chi connectivity index (χ1v) is 8.71. The highest BCUT2D eigenvalue weighted by atomic mass is 16.4. The molecule has 0 amide bonds. The molecule has 0 saturated heterocycles. The van der Waals surface area contributed by atoms with E-state index in [2.05, 4.69) is 10.3 Å². The van der Waals surface area contributed by atoms with E-state index in [0.29, 0.717) is 0 Å². The minimum atomic E-state index is -0.863. The predicted octanol–water partition coefficient (Wildman–Crippen LogP) is 3.17. The van der Waals surface area contributed by atoms with Gasteiger partial charge in [-0.2, -0.15) is 0 Å². The molecular weight excluding hydrogens is 330 g/mol. The van der Waals surface area contributed by atoms with E-state index >= 15 is 0 Å². The Morgan fingerprint density at radius 2 is 2.00 bits per heavy atom. The Morgan fingerprint density at radius 1 is 1.23 bits per heavy atom. The van der Waals surface area contributed by atoms with Gasteiger partial charge in [0, 0.05) is 12.5 Å². The molecule has 0 aliphatic rings. The van der Waals surface area contributed by atoms with E-state index in [9.17, 15) is 15.0 Å².